The molecule has 0 aliphatic rings. The van der Waals surface area contributed by atoms with Crippen molar-refractivity contribution >= 4 is 22.8 Å². The first-order valence-electron chi connectivity index (χ1n) is 12.1. The highest BCUT2D eigenvalue weighted by molar-refractivity contribution is 7.99. The Morgan fingerprint density at radius 1 is 0.833 bits per heavy atom. The molecule has 2 aromatic carbocycles. The summed E-state index contributed by atoms with van der Waals surface area (Å²) in [5, 5.41) is 1.04. The molecule has 0 spiro atoms. The molecule has 0 saturated heterocycles. The molecule has 0 amide bonds. The van der Waals surface area contributed by atoms with Crippen LogP contribution in [0.2, 0.25) is 0 Å². The van der Waals surface area contributed by atoms with Crippen LogP contribution in [-0.2, 0) is 6.42 Å². The van der Waals surface area contributed by atoms with Crippen LogP contribution in [0.25, 0.3) is 33.4 Å². The van der Waals surface area contributed by atoms with Crippen LogP contribution in [0.1, 0.15) is 25.1 Å². The molecule has 3 heterocycles. The van der Waals surface area contributed by atoms with E-state index in [9.17, 15) is 0 Å². The maximum absolute atomic E-state index is 5.32. The van der Waals surface area contributed by atoms with Gasteiger partial charge in [-0.25, -0.2) is 9.97 Å². The number of nitrogens with zero attached hydrogens (tertiary/aromatic N) is 3. The highest BCUT2D eigenvalue weighted by Gasteiger charge is 2.16. The van der Waals surface area contributed by atoms with Crippen LogP contribution in [0.3, 0.4) is 0 Å². The SMILES string of the molecule is COc1ccc(Sc2ccc(C)cc2-c2ncccc2-c2ccnc3nc(CC(C)C)ccc23)cc1. The lowest BCUT2D eigenvalue weighted by atomic mass is 9.96. The minimum absolute atomic E-state index is 0.547. The Labute approximate surface area is 216 Å². The van der Waals surface area contributed by atoms with Gasteiger partial charge in [-0.05, 0) is 85.5 Å². The van der Waals surface area contributed by atoms with Gasteiger partial charge in [0.2, 0.25) is 0 Å². The molecule has 5 rings (SSSR count). The van der Waals surface area contributed by atoms with Gasteiger partial charge in [-0.3, -0.25) is 4.98 Å². The summed E-state index contributed by atoms with van der Waals surface area (Å²) in [4.78, 5) is 16.6. The van der Waals surface area contributed by atoms with Crippen LogP contribution in [0.5, 0.6) is 5.75 Å². The summed E-state index contributed by atoms with van der Waals surface area (Å²) in [6, 6.07) is 25.2. The van der Waals surface area contributed by atoms with Crippen molar-refractivity contribution in [2.75, 3.05) is 7.11 Å². The fraction of sp³-hybridized carbons (Fsp3) is 0.194. The van der Waals surface area contributed by atoms with Gasteiger partial charge in [-0.15, -0.1) is 0 Å². The zero-order chi connectivity index (χ0) is 25.1. The van der Waals surface area contributed by atoms with Crippen LogP contribution in [0.4, 0.5) is 0 Å². The number of hydrogen-bond acceptors (Lipinski definition) is 5. The van der Waals surface area contributed by atoms with Crippen molar-refractivity contribution in [3.63, 3.8) is 0 Å². The molecule has 0 bridgehead atoms. The third kappa shape index (κ3) is 5.12. The Bertz CT molecular complexity index is 1510. The van der Waals surface area contributed by atoms with E-state index in [4.69, 9.17) is 14.7 Å². The quantitative estimate of drug-likeness (QED) is 0.231. The van der Waals surface area contributed by atoms with E-state index in [1.54, 1.807) is 18.9 Å². The summed E-state index contributed by atoms with van der Waals surface area (Å²) >= 11 is 1.73. The molecule has 0 radical (unpaired) electrons. The number of aromatic nitrogens is 3. The van der Waals surface area contributed by atoms with Gasteiger partial charge in [0.1, 0.15) is 5.75 Å². The molecule has 0 fully saturated rings. The van der Waals surface area contributed by atoms with Crippen molar-refractivity contribution in [3.8, 4) is 28.1 Å². The number of hydrogen-bond donors (Lipinski definition) is 0. The van der Waals surface area contributed by atoms with E-state index < -0.39 is 0 Å². The lowest BCUT2D eigenvalue weighted by molar-refractivity contribution is 0.414. The molecule has 0 aliphatic heterocycles. The Kier molecular flexibility index (Phi) is 7.01. The lowest BCUT2D eigenvalue weighted by Gasteiger charge is -2.15. The number of rotatable bonds is 7. The summed E-state index contributed by atoms with van der Waals surface area (Å²) in [5.41, 5.74) is 7.28. The first kappa shape index (κ1) is 24.0. The highest BCUT2D eigenvalue weighted by atomic mass is 32.2. The average Bonchev–Trinajstić information content (AvgIpc) is 2.89. The molecule has 3 aromatic heterocycles. The van der Waals surface area contributed by atoms with Gasteiger partial charge in [0.25, 0.3) is 0 Å². The second-order valence-electron chi connectivity index (χ2n) is 9.31. The van der Waals surface area contributed by atoms with E-state index in [1.165, 1.54) is 5.56 Å². The summed E-state index contributed by atoms with van der Waals surface area (Å²) in [5.74, 6) is 1.40. The topological polar surface area (TPSA) is 47.9 Å². The largest absolute Gasteiger partial charge is 0.497 e. The van der Waals surface area contributed by atoms with Crippen molar-refractivity contribution < 1.29 is 4.74 Å². The third-order valence-electron chi connectivity index (χ3n) is 6.05. The van der Waals surface area contributed by atoms with Crippen molar-refractivity contribution in [1.82, 2.24) is 15.0 Å². The van der Waals surface area contributed by atoms with E-state index >= 15 is 0 Å². The van der Waals surface area contributed by atoms with Crippen LogP contribution in [0.15, 0.2) is 95.0 Å². The number of fused-ring (bicyclic) bond motifs is 1. The lowest BCUT2D eigenvalue weighted by Crippen LogP contribution is -1.99. The minimum Gasteiger partial charge on any atom is -0.497 e. The zero-order valence-corrected chi connectivity index (χ0v) is 21.8. The molecule has 4 nitrogen and oxygen atoms in total. The summed E-state index contributed by atoms with van der Waals surface area (Å²) in [6.45, 7) is 6.54. The number of benzene rings is 2. The van der Waals surface area contributed by atoms with Crippen LogP contribution in [0, 0.1) is 12.8 Å². The fourth-order valence-electron chi connectivity index (χ4n) is 4.36. The van der Waals surface area contributed by atoms with Crippen molar-refractivity contribution in [2.45, 2.75) is 37.0 Å². The first-order chi connectivity index (χ1) is 17.5. The standard InChI is InChI=1S/C31H29N3OS/c1-20(2)18-22-8-13-27-25(15-17-33-31(27)34-22)26-6-5-16-32-30(26)28-19-21(3)7-14-29(28)36-24-11-9-23(35-4)10-12-24/h5-17,19-20H,18H2,1-4H3. The van der Waals surface area contributed by atoms with E-state index in [0.717, 1.165) is 61.1 Å². The van der Waals surface area contributed by atoms with Gasteiger partial charge in [-0.2, -0.15) is 0 Å². The number of methoxy groups -OCH3 is 1. The molecule has 5 aromatic rings. The van der Waals surface area contributed by atoms with Gasteiger partial charge in [-0.1, -0.05) is 43.3 Å². The smallest absolute Gasteiger partial charge is 0.159 e. The molecular formula is C31H29N3OS. The molecule has 180 valence electrons. The average molecular weight is 492 g/mol. The maximum atomic E-state index is 5.32. The molecule has 0 N–H and O–H groups in total. The molecule has 0 unspecified atom stereocenters. The van der Waals surface area contributed by atoms with Crippen LogP contribution < -0.4 is 4.74 Å². The van der Waals surface area contributed by atoms with Gasteiger partial charge >= 0.3 is 0 Å². The van der Waals surface area contributed by atoms with E-state index in [1.807, 2.05) is 30.6 Å². The Morgan fingerprint density at radius 3 is 2.44 bits per heavy atom. The molecule has 0 atom stereocenters. The predicted octanol–water partition coefficient (Wildman–Crippen LogP) is 8.03. The number of aryl methyl sites for hydroxylation is 1. The van der Waals surface area contributed by atoms with Crippen LogP contribution in [-0.4, -0.2) is 22.1 Å². The highest BCUT2D eigenvalue weighted by Crippen LogP contribution is 2.41. The second kappa shape index (κ2) is 10.5. The Morgan fingerprint density at radius 2 is 1.67 bits per heavy atom. The van der Waals surface area contributed by atoms with Gasteiger partial charge in [0.05, 0.1) is 12.8 Å². The molecule has 0 saturated carbocycles. The molecular weight excluding hydrogens is 462 g/mol. The number of pyridine rings is 3. The van der Waals surface area contributed by atoms with Crippen molar-refractivity contribution in [2.24, 2.45) is 5.92 Å². The van der Waals surface area contributed by atoms with Crippen LogP contribution >= 0.6 is 11.8 Å². The maximum Gasteiger partial charge on any atom is 0.159 e. The monoisotopic (exact) mass is 491 g/mol. The van der Waals surface area contributed by atoms with Crippen molar-refractivity contribution in [1.29, 1.82) is 0 Å². The summed E-state index contributed by atoms with van der Waals surface area (Å²) < 4.78 is 5.32. The Hall–Kier alpha value is -3.70. The fourth-order valence-corrected chi connectivity index (χ4v) is 5.29. The first-order valence-corrected chi connectivity index (χ1v) is 13.0. The summed E-state index contributed by atoms with van der Waals surface area (Å²) in [6.07, 6.45) is 4.66. The number of ether oxygens (including phenoxy) is 1. The van der Waals surface area contributed by atoms with Gasteiger partial charge in [0.15, 0.2) is 5.65 Å². The zero-order valence-electron chi connectivity index (χ0n) is 21.0. The minimum atomic E-state index is 0.547. The normalized spacial score (nSPS) is 11.2. The predicted molar refractivity (Wildman–Crippen MR) is 149 cm³/mol. The summed E-state index contributed by atoms with van der Waals surface area (Å²) in [7, 11) is 1.69. The molecule has 36 heavy (non-hydrogen) atoms. The third-order valence-corrected chi connectivity index (χ3v) is 7.14. The van der Waals surface area contributed by atoms with E-state index in [2.05, 4.69) is 80.4 Å². The Balaban J connectivity index is 1.61. The van der Waals surface area contributed by atoms with Gasteiger partial charge < -0.3 is 4.74 Å². The molecule has 0 aliphatic carbocycles. The van der Waals surface area contributed by atoms with E-state index in [-0.39, 0.29) is 0 Å². The second-order valence-corrected chi connectivity index (χ2v) is 10.4. The van der Waals surface area contributed by atoms with Gasteiger partial charge in [0, 0.05) is 44.4 Å². The van der Waals surface area contributed by atoms with Crippen molar-refractivity contribution in [3.05, 3.63) is 96.4 Å². The van der Waals surface area contributed by atoms with E-state index in [0.29, 0.717) is 5.92 Å². The molecule has 5 heteroatoms.